The normalized spacial score (nSPS) is 11.2. The molecule has 0 heterocycles. The molecule has 0 bridgehead atoms. The lowest BCUT2D eigenvalue weighted by Crippen LogP contribution is -2.32. The van der Waals surface area contributed by atoms with E-state index in [1.807, 2.05) is 41.5 Å². The summed E-state index contributed by atoms with van der Waals surface area (Å²) >= 11 is 0. The summed E-state index contributed by atoms with van der Waals surface area (Å²) < 4.78 is 0. The first-order valence-electron chi connectivity index (χ1n) is 5.27. The van der Waals surface area contributed by atoms with Gasteiger partial charge in [0.2, 0.25) is 0 Å². The van der Waals surface area contributed by atoms with Crippen molar-refractivity contribution in [2.45, 2.75) is 48.0 Å². The zero-order valence-electron chi connectivity index (χ0n) is 11.3. The van der Waals surface area contributed by atoms with E-state index in [9.17, 15) is 14.4 Å². The second-order valence-corrected chi connectivity index (χ2v) is 5.79. The van der Waals surface area contributed by atoms with Crippen molar-refractivity contribution < 1.29 is 24.6 Å². The van der Waals surface area contributed by atoms with Crippen LogP contribution < -0.4 is 0 Å². The Labute approximate surface area is 102 Å². The van der Waals surface area contributed by atoms with E-state index < -0.39 is 18.4 Å². The highest BCUT2D eigenvalue weighted by atomic mass is 16.4. The molecule has 0 aliphatic carbocycles. The summed E-state index contributed by atoms with van der Waals surface area (Å²) in [7, 11) is 0. The van der Waals surface area contributed by atoms with Crippen molar-refractivity contribution in [1.29, 1.82) is 0 Å². The number of carbonyl (C=O) groups excluding carboxylic acids is 1. The fraction of sp³-hybridized carbons (Fsp3) is 0.750. The van der Waals surface area contributed by atoms with Crippen LogP contribution in [0.15, 0.2) is 0 Å². The summed E-state index contributed by atoms with van der Waals surface area (Å²) in [6.07, 6.45) is -0.806. The third-order valence-corrected chi connectivity index (χ3v) is 1.66. The van der Waals surface area contributed by atoms with Gasteiger partial charge < -0.3 is 10.2 Å². The zero-order chi connectivity index (χ0) is 14.4. The molecule has 0 aromatic heterocycles. The monoisotopic (exact) mass is 246 g/mol. The first kappa shape index (κ1) is 18.0. The van der Waals surface area contributed by atoms with Crippen LogP contribution in [0.25, 0.3) is 0 Å². The van der Waals surface area contributed by atoms with E-state index in [-0.39, 0.29) is 10.8 Å². The molecule has 0 spiro atoms. The van der Waals surface area contributed by atoms with Crippen molar-refractivity contribution in [2.75, 3.05) is 0 Å². The van der Waals surface area contributed by atoms with Crippen LogP contribution in [0.4, 0.5) is 0 Å². The van der Waals surface area contributed by atoms with Gasteiger partial charge in [0, 0.05) is 10.8 Å². The van der Waals surface area contributed by atoms with Crippen molar-refractivity contribution in [3.8, 4) is 0 Å². The molecule has 0 aliphatic rings. The molecular weight excluding hydrogens is 224 g/mol. The van der Waals surface area contributed by atoms with Gasteiger partial charge in [-0.05, 0) is 0 Å². The number of hydrogen-bond donors (Lipinski definition) is 2. The molecule has 0 aromatic carbocycles. The minimum atomic E-state index is -1.31. The molecule has 0 amide bonds. The van der Waals surface area contributed by atoms with Crippen LogP contribution in [0, 0.1) is 10.8 Å². The van der Waals surface area contributed by atoms with E-state index in [1.54, 1.807) is 0 Å². The Bertz CT molecular complexity index is 263. The molecule has 17 heavy (non-hydrogen) atoms. The van der Waals surface area contributed by atoms with Crippen LogP contribution >= 0.6 is 0 Å². The van der Waals surface area contributed by atoms with Gasteiger partial charge in [-0.2, -0.15) is 0 Å². The highest BCUT2D eigenvalue weighted by Crippen LogP contribution is 2.27. The lowest BCUT2D eigenvalue weighted by atomic mass is 9.76. The lowest BCUT2D eigenvalue weighted by molar-refractivity contribution is -0.147. The van der Waals surface area contributed by atoms with Crippen molar-refractivity contribution in [3.63, 3.8) is 0 Å². The third-order valence-electron chi connectivity index (χ3n) is 1.66. The maximum atomic E-state index is 11.5. The summed E-state index contributed by atoms with van der Waals surface area (Å²) in [6, 6.07) is 0. The summed E-state index contributed by atoms with van der Waals surface area (Å²) in [5, 5.41) is 15.4. The number of carboxylic acid groups (broad SMARTS) is 2. The largest absolute Gasteiger partial charge is 0.481 e. The zero-order valence-corrected chi connectivity index (χ0v) is 11.3. The van der Waals surface area contributed by atoms with Crippen molar-refractivity contribution in [1.82, 2.24) is 0 Å². The van der Waals surface area contributed by atoms with E-state index in [2.05, 4.69) is 0 Å². The smallest absolute Gasteiger partial charge is 0.314 e. The van der Waals surface area contributed by atoms with E-state index in [0.29, 0.717) is 5.78 Å². The van der Waals surface area contributed by atoms with Gasteiger partial charge in [-0.3, -0.25) is 14.4 Å². The Morgan fingerprint density at radius 1 is 0.765 bits per heavy atom. The predicted molar refractivity (Wildman–Crippen MR) is 63.8 cm³/mol. The molecule has 0 saturated heterocycles. The maximum absolute atomic E-state index is 11.5. The van der Waals surface area contributed by atoms with Gasteiger partial charge in [0.15, 0.2) is 0 Å². The van der Waals surface area contributed by atoms with E-state index in [0.717, 1.165) is 0 Å². The van der Waals surface area contributed by atoms with E-state index in [4.69, 9.17) is 10.2 Å². The Balaban J connectivity index is 0. The summed E-state index contributed by atoms with van der Waals surface area (Å²) in [6.45, 7) is 11.8. The Morgan fingerprint density at radius 3 is 1.00 bits per heavy atom. The van der Waals surface area contributed by atoms with Gasteiger partial charge in [-0.1, -0.05) is 41.5 Å². The molecule has 2 N–H and O–H groups in total. The quantitative estimate of drug-likeness (QED) is 0.729. The Morgan fingerprint density at radius 2 is 1.00 bits per heavy atom. The van der Waals surface area contributed by atoms with Gasteiger partial charge in [0.25, 0.3) is 0 Å². The molecule has 100 valence electrons. The van der Waals surface area contributed by atoms with Crippen molar-refractivity contribution >= 4 is 17.7 Å². The van der Waals surface area contributed by atoms with Gasteiger partial charge in [0.05, 0.1) is 0 Å². The molecule has 0 unspecified atom stereocenters. The minimum Gasteiger partial charge on any atom is -0.481 e. The molecule has 0 saturated carbocycles. The predicted octanol–water partition coefficient (Wildman–Crippen LogP) is 2.19. The molecule has 0 radical (unpaired) electrons. The van der Waals surface area contributed by atoms with E-state index >= 15 is 0 Å². The molecular formula is C12H22O5. The highest BCUT2D eigenvalue weighted by Gasteiger charge is 2.31. The van der Waals surface area contributed by atoms with Gasteiger partial charge in [0.1, 0.15) is 12.2 Å². The molecule has 0 aliphatic heterocycles. The fourth-order valence-electron chi connectivity index (χ4n) is 1.25. The average molecular weight is 246 g/mol. The Kier molecular flexibility index (Phi) is 6.74. The van der Waals surface area contributed by atoms with E-state index in [1.165, 1.54) is 0 Å². The number of aliphatic carboxylic acids is 2. The van der Waals surface area contributed by atoms with Crippen LogP contribution in [-0.4, -0.2) is 27.9 Å². The van der Waals surface area contributed by atoms with Crippen molar-refractivity contribution in [2.24, 2.45) is 10.8 Å². The van der Waals surface area contributed by atoms with Crippen LogP contribution in [0.1, 0.15) is 48.0 Å². The molecule has 0 rings (SSSR count). The number of Topliss-reactive ketones (excluding diaryl/α,β-unsaturated/α-hetero) is 1. The summed E-state index contributed by atoms with van der Waals surface area (Å²) in [5.74, 6) is -2.31. The number of hydrogen-bond acceptors (Lipinski definition) is 3. The third kappa shape index (κ3) is 10.9. The van der Waals surface area contributed by atoms with Gasteiger partial charge in [-0.25, -0.2) is 0 Å². The van der Waals surface area contributed by atoms with Gasteiger partial charge >= 0.3 is 11.9 Å². The number of carbonyl (C=O) groups is 3. The van der Waals surface area contributed by atoms with Crippen LogP contribution in [0.3, 0.4) is 0 Å². The minimum absolute atomic E-state index is 0.196. The second kappa shape index (κ2) is 6.37. The Hall–Kier alpha value is -1.39. The molecule has 5 heteroatoms. The van der Waals surface area contributed by atoms with Crippen LogP contribution in [0.5, 0.6) is 0 Å². The molecule has 5 nitrogen and oxygen atoms in total. The number of carboxylic acids is 2. The number of rotatable bonds is 2. The first-order valence-corrected chi connectivity index (χ1v) is 5.27. The summed E-state index contributed by atoms with van der Waals surface area (Å²) in [4.78, 5) is 30.3. The fourth-order valence-corrected chi connectivity index (χ4v) is 1.25. The molecule has 0 atom stereocenters. The SMILES string of the molecule is CC(C)(C)C(=O)C(C)(C)C.O=C(O)CC(=O)O. The standard InChI is InChI=1S/C9H18O.C3H4O4/c1-8(2,3)7(10)9(4,5)6;4-2(5)1-3(6)7/h1-6H3;1H2,(H,4,5)(H,6,7). The van der Waals surface area contributed by atoms with Crippen molar-refractivity contribution in [3.05, 3.63) is 0 Å². The topological polar surface area (TPSA) is 91.7 Å². The van der Waals surface area contributed by atoms with Gasteiger partial charge in [-0.15, -0.1) is 0 Å². The highest BCUT2D eigenvalue weighted by molar-refractivity contribution is 5.89. The van der Waals surface area contributed by atoms with Crippen LogP contribution in [0.2, 0.25) is 0 Å². The second-order valence-electron chi connectivity index (χ2n) is 5.79. The maximum Gasteiger partial charge on any atom is 0.314 e. The lowest BCUT2D eigenvalue weighted by Gasteiger charge is -2.26. The first-order chi connectivity index (χ1) is 7.28. The molecule has 0 fully saturated rings. The number of ketones is 1. The molecule has 0 aromatic rings. The summed E-state index contributed by atoms with van der Waals surface area (Å²) in [5.41, 5.74) is -0.392. The van der Waals surface area contributed by atoms with Crippen LogP contribution in [-0.2, 0) is 14.4 Å². The average Bonchev–Trinajstić information content (AvgIpc) is 1.97.